The molecule has 2 aromatic carbocycles. The number of hydrogen-bond acceptors (Lipinski definition) is 0. The molecule has 0 unspecified atom stereocenters. The largest absolute Gasteiger partial charge is 0.354 e. The van der Waals surface area contributed by atoms with E-state index in [2.05, 4.69) is 89.8 Å². The lowest BCUT2D eigenvalue weighted by atomic mass is 10.2. The van der Waals surface area contributed by atoms with Crippen LogP contribution in [0.1, 0.15) is 0 Å². The molecule has 3 aromatic rings. The highest BCUT2D eigenvalue weighted by Crippen LogP contribution is 2.33. The first-order chi connectivity index (χ1) is 7.66. The zero-order valence-corrected chi connectivity index (χ0v) is 13.4. The van der Waals surface area contributed by atoms with Crippen molar-refractivity contribution in [3.8, 4) is 0 Å². The number of H-pyrrole nitrogens is 1. The first-order valence-electron chi connectivity index (χ1n) is 4.72. The second kappa shape index (κ2) is 3.99. The number of nitrogens with one attached hydrogen (secondary N) is 1. The minimum Gasteiger partial charge on any atom is -0.354 e. The Balaban J connectivity index is 2.55. The summed E-state index contributed by atoms with van der Waals surface area (Å²) < 4.78 is 3.45. The highest BCUT2D eigenvalue weighted by Gasteiger charge is 2.09. The lowest BCUT2D eigenvalue weighted by Crippen LogP contribution is -1.76. The molecule has 0 saturated carbocycles. The van der Waals surface area contributed by atoms with Crippen LogP contribution in [-0.4, -0.2) is 4.98 Å². The molecule has 0 bridgehead atoms. The third-order valence-corrected chi connectivity index (χ3v) is 5.64. The monoisotopic (exact) mass is 449 g/mol. The number of halogens is 3. The Morgan fingerprint density at radius 2 is 1.75 bits per heavy atom. The van der Waals surface area contributed by atoms with Crippen LogP contribution in [0.5, 0.6) is 0 Å². The Morgan fingerprint density at radius 3 is 2.56 bits per heavy atom. The molecule has 1 heterocycles. The van der Waals surface area contributed by atoms with E-state index in [1.807, 2.05) is 0 Å². The number of fused-ring (bicyclic) bond motifs is 3. The topological polar surface area (TPSA) is 15.8 Å². The van der Waals surface area contributed by atoms with Gasteiger partial charge < -0.3 is 4.98 Å². The molecular weight excluding hydrogens is 445 g/mol. The van der Waals surface area contributed by atoms with E-state index in [-0.39, 0.29) is 0 Å². The standard InChI is InChI=1S/C12H6Br2IN/c13-6-1-2-7-8-3-4-9(14)11(15)12(8)16-10(7)5-6/h1-5,16H. The van der Waals surface area contributed by atoms with Crippen molar-refractivity contribution in [2.75, 3.05) is 0 Å². The lowest BCUT2D eigenvalue weighted by molar-refractivity contribution is 1.51. The quantitative estimate of drug-likeness (QED) is 0.438. The van der Waals surface area contributed by atoms with Crippen molar-refractivity contribution in [1.29, 1.82) is 0 Å². The lowest BCUT2D eigenvalue weighted by Gasteiger charge is -1.97. The average Bonchev–Trinajstić information content (AvgIpc) is 2.62. The van der Waals surface area contributed by atoms with E-state index >= 15 is 0 Å². The van der Waals surface area contributed by atoms with Gasteiger partial charge in [0.1, 0.15) is 0 Å². The van der Waals surface area contributed by atoms with Crippen LogP contribution in [0.2, 0.25) is 0 Å². The summed E-state index contributed by atoms with van der Waals surface area (Å²) in [6.45, 7) is 0. The zero-order chi connectivity index (χ0) is 11.3. The molecule has 0 fully saturated rings. The number of aromatic amines is 1. The summed E-state index contributed by atoms with van der Waals surface area (Å²) in [7, 11) is 0. The van der Waals surface area contributed by atoms with Gasteiger partial charge in [-0.3, -0.25) is 0 Å². The van der Waals surface area contributed by atoms with E-state index in [1.54, 1.807) is 0 Å². The SMILES string of the molecule is Brc1ccc2c(c1)[nH]c1c(I)c(Br)ccc12. The van der Waals surface area contributed by atoms with Crippen LogP contribution >= 0.6 is 54.5 Å². The highest BCUT2D eigenvalue weighted by molar-refractivity contribution is 14.1. The third kappa shape index (κ3) is 1.62. The van der Waals surface area contributed by atoms with E-state index in [4.69, 9.17) is 0 Å². The fraction of sp³-hybridized carbons (Fsp3) is 0. The van der Waals surface area contributed by atoms with Crippen LogP contribution in [0.4, 0.5) is 0 Å². The van der Waals surface area contributed by atoms with Gasteiger partial charge in [0, 0.05) is 25.2 Å². The maximum Gasteiger partial charge on any atom is 0.0612 e. The average molecular weight is 451 g/mol. The first-order valence-corrected chi connectivity index (χ1v) is 7.38. The maximum atomic E-state index is 3.55. The van der Waals surface area contributed by atoms with Gasteiger partial charge in [-0.25, -0.2) is 0 Å². The molecule has 0 spiro atoms. The van der Waals surface area contributed by atoms with E-state index in [0.717, 1.165) is 8.95 Å². The fourth-order valence-corrected chi connectivity index (χ4v) is 3.18. The van der Waals surface area contributed by atoms with Crippen LogP contribution in [0.15, 0.2) is 39.3 Å². The van der Waals surface area contributed by atoms with Crippen molar-refractivity contribution in [3.05, 3.63) is 42.8 Å². The summed E-state index contributed by atoms with van der Waals surface area (Å²) >= 11 is 9.40. The molecular formula is C12H6Br2IN. The predicted molar refractivity (Wildman–Crippen MR) is 83.9 cm³/mol. The molecule has 16 heavy (non-hydrogen) atoms. The molecule has 0 atom stereocenters. The molecule has 0 saturated heterocycles. The normalized spacial score (nSPS) is 11.4. The molecule has 3 rings (SSSR count). The minimum atomic E-state index is 1.10. The molecule has 4 heteroatoms. The summed E-state index contributed by atoms with van der Waals surface area (Å²) in [4.78, 5) is 3.46. The van der Waals surface area contributed by atoms with Crippen molar-refractivity contribution < 1.29 is 0 Å². The molecule has 0 aliphatic heterocycles. The summed E-state index contributed by atoms with van der Waals surface area (Å²) in [6, 6.07) is 10.6. The third-order valence-electron chi connectivity index (χ3n) is 2.63. The van der Waals surface area contributed by atoms with Gasteiger partial charge in [-0.15, -0.1) is 0 Å². The van der Waals surface area contributed by atoms with Gasteiger partial charge in [0.2, 0.25) is 0 Å². The van der Waals surface area contributed by atoms with Crippen LogP contribution in [0, 0.1) is 3.57 Å². The van der Waals surface area contributed by atoms with Gasteiger partial charge >= 0.3 is 0 Å². The summed E-state index contributed by atoms with van der Waals surface area (Å²) in [5.41, 5.74) is 2.36. The minimum absolute atomic E-state index is 1.10. The Hall–Kier alpha value is -0.0700. The zero-order valence-electron chi connectivity index (χ0n) is 8.02. The second-order valence-corrected chi connectivity index (χ2v) is 6.45. The number of benzene rings is 2. The Labute approximate surface area is 123 Å². The van der Waals surface area contributed by atoms with Gasteiger partial charge in [-0.05, 0) is 56.7 Å². The van der Waals surface area contributed by atoms with E-state index < -0.39 is 0 Å². The van der Waals surface area contributed by atoms with Crippen molar-refractivity contribution in [1.82, 2.24) is 4.98 Å². The van der Waals surface area contributed by atoms with Crippen molar-refractivity contribution in [2.45, 2.75) is 0 Å². The van der Waals surface area contributed by atoms with Crippen molar-refractivity contribution in [3.63, 3.8) is 0 Å². The molecule has 0 aliphatic carbocycles. The van der Waals surface area contributed by atoms with Gasteiger partial charge in [-0.2, -0.15) is 0 Å². The molecule has 0 amide bonds. The van der Waals surface area contributed by atoms with Crippen LogP contribution in [0.25, 0.3) is 21.8 Å². The summed E-state index contributed by atoms with van der Waals surface area (Å²) in [6.07, 6.45) is 0. The predicted octanol–water partition coefficient (Wildman–Crippen LogP) is 5.45. The van der Waals surface area contributed by atoms with Gasteiger partial charge in [-0.1, -0.05) is 28.1 Å². The molecule has 80 valence electrons. The first kappa shape index (κ1) is 11.0. The van der Waals surface area contributed by atoms with Gasteiger partial charge in [0.05, 0.1) is 9.09 Å². The Kier molecular flexibility index (Phi) is 2.76. The van der Waals surface area contributed by atoms with Crippen molar-refractivity contribution >= 4 is 76.3 Å². The van der Waals surface area contributed by atoms with Crippen LogP contribution in [0.3, 0.4) is 0 Å². The highest BCUT2D eigenvalue weighted by atomic mass is 127. The number of rotatable bonds is 0. The van der Waals surface area contributed by atoms with Crippen LogP contribution in [-0.2, 0) is 0 Å². The summed E-state index contributed by atoms with van der Waals surface area (Å²) in [5.74, 6) is 0. The van der Waals surface area contributed by atoms with Crippen LogP contribution < -0.4 is 0 Å². The molecule has 1 nitrogen and oxygen atoms in total. The summed E-state index contributed by atoms with van der Waals surface area (Å²) in [5, 5.41) is 2.54. The van der Waals surface area contributed by atoms with Gasteiger partial charge in [0.25, 0.3) is 0 Å². The molecule has 1 N–H and O–H groups in total. The Morgan fingerprint density at radius 1 is 1.00 bits per heavy atom. The molecule has 0 aliphatic rings. The molecule has 0 radical (unpaired) electrons. The number of hydrogen-bond donors (Lipinski definition) is 1. The Bertz CT molecular complexity index is 703. The smallest absolute Gasteiger partial charge is 0.0612 e. The van der Waals surface area contributed by atoms with Crippen molar-refractivity contribution in [2.24, 2.45) is 0 Å². The maximum absolute atomic E-state index is 3.55. The second-order valence-electron chi connectivity index (χ2n) is 3.60. The number of aromatic nitrogens is 1. The van der Waals surface area contributed by atoms with E-state index in [0.29, 0.717) is 0 Å². The molecule has 1 aromatic heterocycles. The van der Waals surface area contributed by atoms with E-state index in [1.165, 1.54) is 25.4 Å². The van der Waals surface area contributed by atoms with Gasteiger partial charge in [0.15, 0.2) is 0 Å². The van der Waals surface area contributed by atoms with E-state index in [9.17, 15) is 0 Å². The fourth-order valence-electron chi connectivity index (χ4n) is 1.89.